The van der Waals surface area contributed by atoms with Crippen molar-refractivity contribution < 1.29 is 32.5 Å². The summed E-state index contributed by atoms with van der Waals surface area (Å²) in [5.74, 6) is -1.15. The molecule has 1 N–H and O–H groups in total. The van der Waals surface area contributed by atoms with Crippen molar-refractivity contribution in [3.8, 4) is 0 Å². The van der Waals surface area contributed by atoms with Gasteiger partial charge < -0.3 is 19.5 Å². The molecule has 3 rings (SSSR count). The molecule has 2 heterocycles. The average Bonchev–Trinajstić information content (AvgIpc) is 3.23. The number of hydrogen-bond donors (Lipinski definition) is 1. The van der Waals surface area contributed by atoms with Crippen LogP contribution in [0.4, 0.5) is 18.9 Å². The van der Waals surface area contributed by atoms with Crippen LogP contribution >= 0.6 is 0 Å². The Bertz CT molecular complexity index is 926. The lowest BCUT2D eigenvalue weighted by Gasteiger charge is -2.31. The van der Waals surface area contributed by atoms with E-state index in [-0.39, 0.29) is 37.1 Å². The van der Waals surface area contributed by atoms with E-state index < -0.39 is 31.3 Å². The summed E-state index contributed by atoms with van der Waals surface area (Å²) in [7, 11) is -1.37. The molecule has 1 saturated carbocycles. The number of carbonyl (C=O) groups is 1. The topological polar surface area (TPSA) is 93.9 Å². The summed E-state index contributed by atoms with van der Waals surface area (Å²) in [6.07, 6.45) is -0.191. The van der Waals surface area contributed by atoms with E-state index in [0.29, 0.717) is 51.7 Å². The third-order valence-corrected chi connectivity index (χ3v) is 8.46. The van der Waals surface area contributed by atoms with Crippen molar-refractivity contribution in [2.45, 2.75) is 89.3 Å². The fourth-order valence-corrected chi connectivity index (χ4v) is 5.39. The number of aliphatic carboxylic acids is 1. The third-order valence-electron chi connectivity index (χ3n) is 6.75. The molecule has 2 aliphatic rings. The molecule has 1 atom stereocenters. The monoisotopic (exact) mass is 519 g/mol. The van der Waals surface area contributed by atoms with E-state index in [2.05, 4.69) is 24.7 Å². The fourth-order valence-electron chi connectivity index (χ4n) is 4.64. The second kappa shape index (κ2) is 11.4. The van der Waals surface area contributed by atoms with Gasteiger partial charge in [0.05, 0.1) is 36.6 Å². The Balaban J connectivity index is 1.69. The van der Waals surface area contributed by atoms with Crippen LogP contribution < -0.4 is 10.5 Å². The Hall–Kier alpha value is -1.92. The number of alkyl halides is 3. The van der Waals surface area contributed by atoms with Crippen molar-refractivity contribution in [3.63, 3.8) is 0 Å². The Morgan fingerprint density at radius 3 is 2.49 bits per heavy atom. The second-order valence-electron chi connectivity index (χ2n) is 10.7. The van der Waals surface area contributed by atoms with Gasteiger partial charge in [-0.3, -0.25) is 9.59 Å². The van der Waals surface area contributed by atoms with Crippen LogP contribution in [0.25, 0.3) is 0 Å². The highest BCUT2D eigenvalue weighted by atomic mass is 28.3. The van der Waals surface area contributed by atoms with Crippen molar-refractivity contribution in [2.75, 3.05) is 24.7 Å². The zero-order valence-electron chi connectivity index (χ0n) is 20.6. The molecule has 12 heteroatoms. The lowest BCUT2D eigenvalue weighted by atomic mass is 9.87. The van der Waals surface area contributed by atoms with Gasteiger partial charge in [0, 0.05) is 21.2 Å². The molecule has 0 aromatic carbocycles. The molecule has 0 radical (unpaired) electrons. The maximum Gasteiger partial charge on any atom is 0.423 e. The number of rotatable bonds is 10. The first-order chi connectivity index (χ1) is 16.4. The molecule has 2 fully saturated rings. The van der Waals surface area contributed by atoms with Gasteiger partial charge in [0.15, 0.2) is 0 Å². The normalized spacial score (nSPS) is 23.6. The molecule has 8 nitrogen and oxygen atoms in total. The zero-order chi connectivity index (χ0) is 25.8. The van der Waals surface area contributed by atoms with E-state index in [0.717, 1.165) is 16.9 Å². The van der Waals surface area contributed by atoms with Crippen molar-refractivity contribution >= 4 is 19.7 Å². The van der Waals surface area contributed by atoms with Crippen LogP contribution in [-0.2, 0) is 27.2 Å². The first-order valence-electron chi connectivity index (χ1n) is 12.2. The van der Waals surface area contributed by atoms with Crippen molar-refractivity contribution in [3.05, 3.63) is 22.1 Å². The Kier molecular flexibility index (Phi) is 9.03. The van der Waals surface area contributed by atoms with Crippen LogP contribution in [0, 0.1) is 5.92 Å². The van der Waals surface area contributed by atoms with Gasteiger partial charge in [0.2, 0.25) is 0 Å². The number of carboxylic acid groups (broad SMARTS) is 1. The highest BCUT2D eigenvalue weighted by Gasteiger charge is 2.41. The van der Waals surface area contributed by atoms with Crippen molar-refractivity contribution in [2.24, 2.45) is 5.92 Å². The van der Waals surface area contributed by atoms with E-state index in [4.69, 9.17) is 14.6 Å². The standard InChI is InChI=1S/C23H36F3N3O5Si/c1-35(2,3)12-11-33-15-29-21(30)20(23(24,25)26)19(13-27-29)28-10-4-5-17(28)14-34-18-8-6-16(7-9-18)22(31)32/h13,16-18H,4-12,14-15H2,1-3H3,(H,31,32)/t16?,17-,18?/m0/s1. The number of hydrogen-bond acceptors (Lipinski definition) is 6. The molecule has 35 heavy (non-hydrogen) atoms. The van der Waals surface area contributed by atoms with Crippen LogP contribution in [0.5, 0.6) is 0 Å². The highest BCUT2D eigenvalue weighted by Crippen LogP contribution is 2.37. The van der Waals surface area contributed by atoms with Gasteiger partial charge in [-0.15, -0.1) is 0 Å². The van der Waals surface area contributed by atoms with Crippen molar-refractivity contribution in [1.82, 2.24) is 9.78 Å². The molecule has 0 amide bonds. The van der Waals surface area contributed by atoms with Gasteiger partial charge in [0.25, 0.3) is 5.56 Å². The molecule has 1 aliphatic carbocycles. The average molecular weight is 520 g/mol. The molecule has 1 saturated heterocycles. The predicted molar refractivity (Wildman–Crippen MR) is 127 cm³/mol. The summed E-state index contributed by atoms with van der Waals surface area (Å²) in [4.78, 5) is 25.5. The SMILES string of the molecule is C[Si](C)(C)CCOCn1ncc(N2CCC[C@H]2COC2CCC(C(=O)O)CC2)c(C(F)(F)F)c1=O. The van der Waals surface area contributed by atoms with Crippen LogP contribution in [0.15, 0.2) is 11.0 Å². The minimum Gasteiger partial charge on any atom is -0.481 e. The first-order valence-corrected chi connectivity index (χ1v) is 15.9. The number of halogens is 3. The minimum atomic E-state index is -4.83. The van der Waals surface area contributed by atoms with Gasteiger partial charge in [-0.25, -0.2) is 4.68 Å². The highest BCUT2D eigenvalue weighted by molar-refractivity contribution is 6.76. The Morgan fingerprint density at radius 2 is 1.89 bits per heavy atom. The molecule has 1 aromatic rings. The maximum atomic E-state index is 14.0. The van der Waals surface area contributed by atoms with Crippen LogP contribution in [0.3, 0.4) is 0 Å². The summed E-state index contributed by atoms with van der Waals surface area (Å²) < 4.78 is 54.2. The largest absolute Gasteiger partial charge is 0.481 e. The van der Waals surface area contributed by atoms with Gasteiger partial charge in [-0.05, 0) is 44.6 Å². The Labute approximate surface area is 204 Å². The number of carboxylic acids is 1. The van der Waals surface area contributed by atoms with E-state index in [1.54, 1.807) is 4.90 Å². The van der Waals surface area contributed by atoms with Crippen LogP contribution in [-0.4, -0.2) is 60.8 Å². The predicted octanol–water partition coefficient (Wildman–Crippen LogP) is 4.20. The van der Waals surface area contributed by atoms with Gasteiger partial charge in [-0.2, -0.15) is 18.3 Å². The van der Waals surface area contributed by atoms with Gasteiger partial charge in [0.1, 0.15) is 12.3 Å². The Morgan fingerprint density at radius 1 is 1.20 bits per heavy atom. The van der Waals surface area contributed by atoms with E-state index >= 15 is 0 Å². The quantitative estimate of drug-likeness (QED) is 0.366. The lowest BCUT2D eigenvalue weighted by molar-refractivity contribution is -0.144. The number of nitrogens with zero attached hydrogens (tertiary/aromatic N) is 3. The molecular weight excluding hydrogens is 483 g/mol. The molecule has 0 spiro atoms. The lowest BCUT2D eigenvalue weighted by Crippen LogP contribution is -2.40. The summed E-state index contributed by atoms with van der Waals surface area (Å²) in [5.41, 5.74) is -2.65. The van der Waals surface area contributed by atoms with E-state index in [1.807, 2.05) is 0 Å². The second-order valence-corrected chi connectivity index (χ2v) is 16.3. The summed E-state index contributed by atoms with van der Waals surface area (Å²) in [6, 6.07) is 0.526. The maximum absolute atomic E-state index is 14.0. The molecule has 1 aromatic heterocycles. The number of ether oxygens (including phenoxy) is 2. The zero-order valence-corrected chi connectivity index (χ0v) is 21.6. The minimum absolute atomic E-state index is 0.102. The molecule has 198 valence electrons. The van der Waals surface area contributed by atoms with Crippen molar-refractivity contribution in [1.29, 1.82) is 0 Å². The molecule has 0 unspecified atom stereocenters. The third kappa shape index (κ3) is 7.53. The summed E-state index contributed by atoms with van der Waals surface area (Å²) in [6.45, 7) is 7.13. The van der Waals surface area contributed by atoms with Gasteiger partial charge in [-0.1, -0.05) is 19.6 Å². The number of aromatic nitrogens is 2. The van der Waals surface area contributed by atoms with Crippen LogP contribution in [0.2, 0.25) is 25.7 Å². The molecule has 0 bridgehead atoms. The van der Waals surface area contributed by atoms with Gasteiger partial charge >= 0.3 is 12.1 Å². The van der Waals surface area contributed by atoms with Crippen LogP contribution in [0.1, 0.15) is 44.1 Å². The summed E-state index contributed by atoms with van der Waals surface area (Å²) in [5, 5.41) is 13.1. The van der Waals surface area contributed by atoms with E-state index in [1.165, 1.54) is 0 Å². The summed E-state index contributed by atoms with van der Waals surface area (Å²) >= 11 is 0. The molecular formula is C23H36F3N3O5Si. The first kappa shape index (κ1) is 27.7. The number of anilines is 1. The smallest absolute Gasteiger partial charge is 0.423 e. The fraction of sp³-hybridized carbons (Fsp3) is 0.783. The molecule has 1 aliphatic heterocycles. The van der Waals surface area contributed by atoms with E-state index in [9.17, 15) is 22.8 Å².